The second-order valence-electron chi connectivity index (χ2n) is 23.0. The Hall–Kier alpha value is -8.38. The summed E-state index contributed by atoms with van der Waals surface area (Å²) in [6.07, 6.45) is -23.7. The van der Waals surface area contributed by atoms with E-state index in [4.69, 9.17) is 58.1 Å². The number of quaternary nitrogens is 1. The lowest BCUT2D eigenvalue weighted by Gasteiger charge is -2.47. The standard InChI is InChI=1S/C55H84N20O21S2/c1-19-32(72-45(75-43(19)58)24(11-30(57)79)67-12-23(56)44(59)85)49(89)74-34(40(25-13-63-18-68-25)94-53-42(38(83)36(81)28(14-76)93-53)95-52-39(84)41(96-55(62)91)37(82)29(15-77)92-52)50(90)69-21(3)35(80)20(2)46(86)73-33(22(4)78)48(88)65-10-7-31-70-27(17-97-31)51-71-26(16-98-51)47(87)64-8-5-6-9-66-54(60)61/h13,16-18,20-24,28-29,33-42,52-53,67,76-78,80-84H,5-12,14-15,56H2,1-4H3,(H2,57,79)(H2,59,85)(H2,62,91)(H,63,68)(H,64,87)(H,65,88)(H,69,90)(H,73,86)(H,74,89)(H2,58,72,75)(H4,60,61,66)/p+2/t20-,21+,22+,23-,24-,28-,29+,33-,34-,35-,36+,37+,38-,39-,40-,41-,42-,52+,53-/m0/s1. The van der Waals surface area contributed by atoms with E-state index < -0.39 is 183 Å². The number of nitrogens with one attached hydrogen (secondary N) is 8. The maximum atomic E-state index is 15.2. The number of amides is 8. The molecule has 0 unspecified atom stereocenters. The lowest BCUT2D eigenvalue weighted by atomic mass is 9.96. The van der Waals surface area contributed by atoms with Gasteiger partial charge in [0.15, 0.2) is 24.7 Å². The number of carbonyl (C=O) groups excluding carboxylic acids is 8. The normalized spacial score (nSPS) is 23.6. The van der Waals surface area contributed by atoms with E-state index in [-0.39, 0.29) is 60.0 Å². The Balaban J connectivity index is 1.24. The van der Waals surface area contributed by atoms with Crippen molar-refractivity contribution >= 4 is 81.9 Å². The van der Waals surface area contributed by atoms with Crippen molar-refractivity contribution in [3.8, 4) is 10.7 Å². The van der Waals surface area contributed by atoms with Crippen LogP contribution in [0.2, 0.25) is 0 Å². The Morgan fingerprint density at radius 1 is 0.776 bits per heavy atom. The van der Waals surface area contributed by atoms with E-state index in [0.29, 0.717) is 41.6 Å². The molecule has 31 N–H and O–H groups in total. The fourth-order valence-electron chi connectivity index (χ4n) is 9.94. The van der Waals surface area contributed by atoms with E-state index in [0.717, 1.165) is 12.5 Å². The predicted molar refractivity (Wildman–Crippen MR) is 337 cm³/mol. The van der Waals surface area contributed by atoms with Crippen LogP contribution in [-0.2, 0) is 54.1 Å². The minimum Gasteiger partial charge on any atom is -0.441 e. The minimum absolute atomic E-state index is 0.0223. The molecule has 8 amide bonds. The summed E-state index contributed by atoms with van der Waals surface area (Å²) in [6, 6.07) is -7.58. The Kier molecular flexibility index (Phi) is 29.2. The number of nitrogens with zero attached hydrogens (tertiary/aromatic N) is 5. The Labute approximate surface area is 565 Å². The quantitative estimate of drug-likeness (QED) is 0.0114. The number of aromatic nitrogens is 6. The first-order valence-corrected chi connectivity index (χ1v) is 32.3. The predicted octanol–water partition coefficient (Wildman–Crippen LogP) is -11.6. The molecular formula is C55H86N20O21S2+2. The summed E-state index contributed by atoms with van der Waals surface area (Å²) in [4.78, 5) is 134. The molecule has 6 rings (SSSR count). The Morgan fingerprint density at radius 3 is 2.10 bits per heavy atom. The highest BCUT2D eigenvalue weighted by Crippen LogP contribution is 2.35. The van der Waals surface area contributed by atoms with Gasteiger partial charge < -0.3 is 130 Å². The van der Waals surface area contributed by atoms with Gasteiger partial charge in [-0.2, -0.15) is 0 Å². The zero-order valence-electron chi connectivity index (χ0n) is 53.5. The zero-order valence-corrected chi connectivity index (χ0v) is 55.1. The molecule has 0 radical (unpaired) electrons. The van der Waals surface area contributed by atoms with Gasteiger partial charge in [0.2, 0.25) is 23.6 Å². The van der Waals surface area contributed by atoms with Gasteiger partial charge in [0, 0.05) is 42.3 Å². The molecular weight excluding hydrogens is 1340 g/mol. The third kappa shape index (κ3) is 21.1. The molecule has 19 atom stereocenters. The first kappa shape index (κ1) is 78.6. The average Bonchev–Trinajstić information content (AvgIpc) is 0.925. The number of hydrogen-bond acceptors (Lipinski definition) is 30. The van der Waals surface area contributed by atoms with Crippen LogP contribution in [-0.4, -0.2) is 261 Å². The lowest BCUT2D eigenvalue weighted by molar-refractivity contribution is -0.459. The fourth-order valence-corrected chi connectivity index (χ4v) is 11.6. The first-order valence-electron chi connectivity index (χ1n) is 30.5. The maximum absolute atomic E-state index is 15.2. The van der Waals surface area contributed by atoms with Crippen molar-refractivity contribution in [3.05, 3.63) is 56.8 Å². The molecule has 0 aromatic carbocycles. The molecule has 4 aromatic rings. The number of H-pyrrole nitrogens is 1. The summed E-state index contributed by atoms with van der Waals surface area (Å²) in [6.45, 7) is 3.68. The molecule has 0 spiro atoms. The van der Waals surface area contributed by atoms with Crippen LogP contribution < -0.4 is 77.0 Å². The maximum Gasteiger partial charge on any atom is 0.404 e. The van der Waals surface area contributed by atoms with Crippen molar-refractivity contribution < 1.29 is 114 Å². The van der Waals surface area contributed by atoms with Crippen molar-refractivity contribution in [2.24, 2.45) is 34.6 Å². The monoisotopic (exact) mass is 1430 g/mol. The molecule has 6 heterocycles. The molecule has 98 heavy (non-hydrogen) atoms. The highest BCUT2D eigenvalue weighted by atomic mass is 32.1. The Morgan fingerprint density at radius 2 is 1.47 bits per heavy atom. The number of imidazole rings is 1. The smallest absolute Gasteiger partial charge is 0.404 e. The largest absolute Gasteiger partial charge is 0.441 e. The molecule has 542 valence electrons. The van der Waals surface area contributed by atoms with Gasteiger partial charge >= 0.3 is 12.1 Å². The number of aromatic amines is 1. The number of aliphatic hydroxyl groups excluding tert-OH is 8. The van der Waals surface area contributed by atoms with E-state index in [1.165, 1.54) is 50.4 Å². The van der Waals surface area contributed by atoms with Gasteiger partial charge in [-0.15, -0.1) is 22.7 Å². The van der Waals surface area contributed by atoms with Gasteiger partial charge in [-0.3, -0.25) is 50.0 Å². The molecule has 0 aliphatic carbocycles. The summed E-state index contributed by atoms with van der Waals surface area (Å²) >= 11 is 2.47. The van der Waals surface area contributed by atoms with Crippen molar-refractivity contribution in [3.63, 3.8) is 0 Å². The Bertz CT molecular complexity index is 3380. The summed E-state index contributed by atoms with van der Waals surface area (Å²) in [5.74, 6) is -8.50. The van der Waals surface area contributed by atoms with Gasteiger partial charge in [0.1, 0.15) is 94.6 Å². The van der Waals surface area contributed by atoms with Gasteiger partial charge in [0.05, 0.1) is 79.7 Å². The molecule has 2 fully saturated rings. The van der Waals surface area contributed by atoms with Gasteiger partial charge in [-0.05, 0) is 33.6 Å². The number of nitrogen functional groups attached to an aromatic ring is 1. The number of aliphatic hydroxyl groups is 8. The fraction of sp³-hybridized carbons (Fsp3) is 0.600. The van der Waals surface area contributed by atoms with Crippen molar-refractivity contribution in [1.82, 2.24) is 61.8 Å². The van der Waals surface area contributed by atoms with Crippen molar-refractivity contribution in [1.29, 1.82) is 0 Å². The van der Waals surface area contributed by atoms with Gasteiger partial charge in [-0.1, -0.05) is 6.92 Å². The number of primary amides is 3. The molecule has 43 heteroatoms. The molecule has 0 saturated carbocycles. The highest BCUT2D eigenvalue weighted by molar-refractivity contribution is 7.14. The summed E-state index contributed by atoms with van der Waals surface area (Å²) in [5.41, 5.74) is 36.7. The minimum atomic E-state index is -2.20. The first-order chi connectivity index (χ1) is 46.3. The third-order valence-corrected chi connectivity index (χ3v) is 17.3. The number of nitrogens with two attached hydrogens (primary N) is 6. The number of hydrogen-bond donors (Lipinski definition) is 23. The SMILES string of the molecule is Cc1c(N)nc([C@H](CC(N)=O)NC[C@H]([NH3+])C(N)=O)nc1C(=O)N[C@H](C(=O)N[C@H](C)[C@@H](O)[C@H](C)C(=O)N[C@H](C(=O)NCCc1nc(-c2nc(C(=O)NCCCC[NH+]=C(N)N)cs2)cs1)[C@@H](C)O)[C@@H](O[C@@H]1O[C@@H](CO)[C@@H](O)[C@H](O)[C@@H]1O[C@H]1O[C@H](CO)[C@@H](O)[C@H](OC(N)=O)[C@@H]1O)c1cnc[nH]1. The van der Waals surface area contributed by atoms with Crippen LogP contribution >= 0.6 is 22.7 Å². The summed E-state index contributed by atoms with van der Waals surface area (Å²) in [7, 11) is 0. The number of carbonyl (C=O) groups is 8. The van der Waals surface area contributed by atoms with E-state index in [2.05, 4.69) is 72.5 Å². The molecule has 2 saturated heterocycles. The molecule has 2 aliphatic heterocycles. The van der Waals surface area contributed by atoms with Crippen LogP contribution in [0.5, 0.6) is 0 Å². The van der Waals surface area contributed by atoms with E-state index in [1.807, 2.05) is 0 Å². The van der Waals surface area contributed by atoms with Crippen LogP contribution in [0.3, 0.4) is 0 Å². The number of anilines is 1. The number of thiazole rings is 2. The number of ether oxygens (including phenoxy) is 5. The van der Waals surface area contributed by atoms with Gasteiger partial charge in [-0.25, -0.2) is 29.7 Å². The summed E-state index contributed by atoms with van der Waals surface area (Å²) in [5, 5.41) is 108. The lowest BCUT2D eigenvalue weighted by Crippen LogP contribution is -2.78. The number of guanidine groups is 1. The van der Waals surface area contributed by atoms with Crippen LogP contribution in [0.25, 0.3) is 10.7 Å². The van der Waals surface area contributed by atoms with E-state index in [9.17, 15) is 74.4 Å². The zero-order chi connectivity index (χ0) is 72.4. The van der Waals surface area contributed by atoms with Crippen LogP contribution in [0, 0.1) is 12.8 Å². The third-order valence-electron chi connectivity index (χ3n) is 15.5. The van der Waals surface area contributed by atoms with Crippen LogP contribution in [0.1, 0.15) is 95.2 Å². The molecule has 0 bridgehead atoms. The van der Waals surface area contributed by atoms with Crippen molar-refractivity contribution in [2.45, 2.75) is 163 Å². The van der Waals surface area contributed by atoms with Crippen molar-refractivity contribution in [2.75, 3.05) is 45.1 Å². The number of rotatable bonds is 36. The second-order valence-corrected chi connectivity index (χ2v) is 24.8. The highest BCUT2D eigenvalue weighted by Gasteiger charge is 2.54. The van der Waals surface area contributed by atoms with Crippen LogP contribution in [0.4, 0.5) is 10.6 Å². The molecule has 41 nitrogen and oxygen atoms in total. The van der Waals surface area contributed by atoms with Crippen LogP contribution in [0.15, 0.2) is 23.3 Å². The number of unbranched alkanes of at least 4 members (excludes halogenated alkanes) is 1. The van der Waals surface area contributed by atoms with E-state index in [1.54, 1.807) is 10.8 Å². The topological polar surface area (TPSA) is 695 Å². The van der Waals surface area contributed by atoms with Gasteiger partial charge in [0.25, 0.3) is 17.7 Å². The summed E-state index contributed by atoms with van der Waals surface area (Å²) < 4.78 is 28.7. The second kappa shape index (κ2) is 36.5. The molecule has 4 aromatic heterocycles. The van der Waals surface area contributed by atoms with E-state index >= 15 is 4.79 Å². The average molecular weight is 1430 g/mol. The molecule has 2 aliphatic rings.